The second-order valence-corrected chi connectivity index (χ2v) is 4.91. The zero-order chi connectivity index (χ0) is 15.5. The molecule has 0 saturated carbocycles. The minimum Gasteiger partial charge on any atom is -0.313 e. The summed E-state index contributed by atoms with van der Waals surface area (Å²) in [5, 5.41) is 7.05. The number of hydrogen-bond donors (Lipinski definition) is 1. The van der Waals surface area contributed by atoms with Crippen LogP contribution in [0.2, 0.25) is 0 Å². The number of nitrogens with zero attached hydrogens (tertiary/aromatic N) is 2. The van der Waals surface area contributed by atoms with Crippen LogP contribution in [-0.2, 0) is 19.6 Å². The standard InChI is InChI=1S/C15H18F3N3/c1-19-14(8-7-11-9-10-20-21(11)2)12-5-3-4-6-13(12)15(16,17)18/h3-6,9-10,14,19H,7-8H2,1-2H3. The third kappa shape index (κ3) is 3.64. The molecule has 1 unspecified atom stereocenters. The van der Waals surface area contributed by atoms with Gasteiger partial charge < -0.3 is 5.32 Å². The molecule has 1 aromatic carbocycles. The van der Waals surface area contributed by atoms with Gasteiger partial charge in [0.1, 0.15) is 0 Å². The fourth-order valence-electron chi connectivity index (χ4n) is 2.45. The maximum absolute atomic E-state index is 13.1. The molecular weight excluding hydrogens is 279 g/mol. The quantitative estimate of drug-likeness (QED) is 0.917. The molecule has 0 aliphatic rings. The van der Waals surface area contributed by atoms with E-state index in [9.17, 15) is 13.2 Å². The highest BCUT2D eigenvalue weighted by Crippen LogP contribution is 2.35. The molecule has 114 valence electrons. The number of hydrogen-bond acceptors (Lipinski definition) is 2. The van der Waals surface area contributed by atoms with Crippen molar-refractivity contribution in [2.75, 3.05) is 7.05 Å². The molecule has 0 aliphatic heterocycles. The second kappa shape index (κ2) is 6.30. The van der Waals surface area contributed by atoms with Crippen LogP contribution in [0.5, 0.6) is 0 Å². The zero-order valence-electron chi connectivity index (χ0n) is 12.0. The first-order valence-electron chi connectivity index (χ1n) is 6.73. The Labute approximate surface area is 121 Å². The van der Waals surface area contributed by atoms with Gasteiger partial charge in [-0.2, -0.15) is 18.3 Å². The van der Waals surface area contributed by atoms with Gasteiger partial charge in [0.15, 0.2) is 0 Å². The molecule has 3 nitrogen and oxygen atoms in total. The van der Waals surface area contributed by atoms with Gasteiger partial charge >= 0.3 is 6.18 Å². The fourth-order valence-corrected chi connectivity index (χ4v) is 2.45. The molecule has 1 N–H and O–H groups in total. The smallest absolute Gasteiger partial charge is 0.313 e. The van der Waals surface area contributed by atoms with E-state index in [1.54, 1.807) is 24.0 Å². The Kier molecular flexibility index (Phi) is 4.67. The van der Waals surface area contributed by atoms with Crippen LogP contribution in [-0.4, -0.2) is 16.8 Å². The van der Waals surface area contributed by atoms with Crippen LogP contribution in [0.25, 0.3) is 0 Å². The summed E-state index contributed by atoms with van der Waals surface area (Å²) in [4.78, 5) is 0. The molecule has 1 atom stereocenters. The van der Waals surface area contributed by atoms with Crippen LogP contribution in [0, 0.1) is 0 Å². The van der Waals surface area contributed by atoms with Crippen molar-refractivity contribution < 1.29 is 13.2 Å². The van der Waals surface area contributed by atoms with Gasteiger partial charge in [-0.15, -0.1) is 0 Å². The average molecular weight is 297 g/mol. The predicted octanol–water partition coefficient (Wildman–Crippen LogP) is 3.33. The number of nitrogens with one attached hydrogen (secondary N) is 1. The van der Waals surface area contributed by atoms with Crippen molar-refractivity contribution in [2.24, 2.45) is 7.05 Å². The van der Waals surface area contributed by atoms with E-state index in [1.165, 1.54) is 12.1 Å². The zero-order valence-corrected chi connectivity index (χ0v) is 12.0. The summed E-state index contributed by atoms with van der Waals surface area (Å²) >= 11 is 0. The molecule has 1 aromatic heterocycles. The highest BCUT2D eigenvalue weighted by atomic mass is 19.4. The summed E-state index contributed by atoms with van der Waals surface area (Å²) in [5.41, 5.74) is 0.712. The summed E-state index contributed by atoms with van der Waals surface area (Å²) in [5.74, 6) is 0. The lowest BCUT2D eigenvalue weighted by Gasteiger charge is -2.21. The minimum absolute atomic E-state index is 0.287. The van der Waals surface area contributed by atoms with Crippen LogP contribution in [0.3, 0.4) is 0 Å². The molecule has 0 saturated heterocycles. The molecule has 2 aromatic rings. The molecule has 2 rings (SSSR count). The van der Waals surface area contributed by atoms with Gasteiger partial charge in [-0.1, -0.05) is 18.2 Å². The summed E-state index contributed by atoms with van der Waals surface area (Å²) < 4.78 is 41.0. The molecule has 6 heteroatoms. The number of benzene rings is 1. The Morgan fingerprint density at radius 3 is 2.52 bits per heavy atom. The van der Waals surface area contributed by atoms with Crippen molar-refractivity contribution in [1.29, 1.82) is 0 Å². The SMILES string of the molecule is CNC(CCc1ccnn1C)c1ccccc1C(F)(F)F. The van der Waals surface area contributed by atoms with E-state index in [1.807, 2.05) is 13.1 Å². The molecule has 0 bridgehead atoms. The van der Waals surface area contributed by atoms with Gasteiger partial charge in [-0.25, -0.2) is 0 Å². The number of aryl methyl sites for hydroxylation is 2. The lowest BCUT2D eigenvalue weighted by molar-refractivity contribution is -0.138. The molecule has 0 aliphatic carbocycles. The molecule has 0 amide bonds. The molecule has 21 heavy (non-hydrogen) atoms. The Morgan fingerprint density at radius 2 is 1.95 bits per heavy atom. The molecule has 0 fully saturated rings. The van der Waals surface area contributed by atoms with Crippen molar-refractivity contribution in [2.45, 2.75) is 25.1 Å². The highest BCUT2D eigenvalue weighted by Gasteiger charge is 2.34. The van der Waals surface area contributed by atoms with Crippen LogP contribution in [0.1, 0.15) is 29.3 Å². The minimum atomic E-state index is -4.34. The number of alkyl halides is 3. The summed E-state index contributed by atoms with van der Waals surface area (Å²) in [6, 6.07) is 7.25. The van der Waals surface area contributed by atoms with E-state index in [-0.39, 0.29) is 11.6 Å². The Bertz CT molecular complexity index is 590. The van der Waals surface area contributed by atoms with Gasteiger partial charge in [0.05, 0.1) is 5.56 Å². The third-order valence-corrected chi connectivity index (χ3v) is 3.60. The van der Waals surface area contributed by atoms with Crippen molar-refractivity contribution in [3.05, 3.63) is 53.3 Å². The van der Waals surface area contributed by atoms with E-state index in [0.29, 0.717) is 12.8 Å². The predicted molar refractivity (Wildman–Crippen MR) is 74.8 cm³/mol. The summed E-state index contributed by atoms with van der Waals surface area (Å²) in [7, 11) is 3.51. The maximum Gasteiger partial charge on any atom is 0.416 e. The monoisotopic (exact) mass is 297 g/mol. The summed E-state index contributed by atoms with van der Waals surface area (Å²) in [6.45, 7) is 0. The molecule has 1 heterocycles. The molecule has 0 radical (unpaired) electrons. The van der Waals surface area contributed by atoms with E-state index >= 15 is 0 Å². The van der Waals surface area contributed by atoms with Gasteiger partial charge in [0, 0.05) is 25.0 Å². The van der Waals surface area contributed by atoms with Gasteiger partial charge in [0.25, 0.3) is 0 Å². The topological polar surface area (TPSA) is 29.9 Å². The van der Waals surface area contributed by atoms with Gasteiger partial charge in [-0.05, 0) is 37.6 Å². The largest absolute Gasteiger partial charge is 0.416 e. The lowest BCUT2D eigenvalue weighted by atomic mass is 9.96. The average Bonchev–Trinajstić information content (AvgIpc) is 2.84. The normalized spacial score (nSPS) is 13.4. The first-order chi connectivity index (χ1) is 9.93. The number of halogens is 3. The van der Waals surface area contributed by atoms with Crippen molar-refractivity contribution in [3.63, 3.8) is 0 Å². The van der Waals surface area contributed by atoms with E-state index < -0.39 is 11.7 Å². The van der Waals surface area contributed by atoms with E-state index in [4.69, 9.17) is 0 Å². The fraction of sp³-hybridized carbons (Fsp3) is 0.400. The second-order valence-electron chi connectivity index (χ2n) is 4.91. The molecule has 0 spiro atoms. The van der Waals surface area contributed by atoms with Crippen LogP contribution >= 0.6 is 0 Å². The Balaban J connectivity index is 2.20. The van der Waals surface area contributed by atoms with Gasteiger partial charge in [0.2, 0.25) is 0 Å². The maximum atomic E-state index is 13.1. The van der Waals surface area contributed by atoms with Crippen LogP contribution in [0.4, 0.5) is 13.2 Å². The van der Waals surface area contributed by atoms with E-state index in [0.717, 1.165) is 11.8 Å². The first-order valence-corrected chi connectivity index (χ1v) is 6.73. The van der Waals surface area contributed by atoms with Crippen molar-refractivity contribution >= 4 is 0 Å². The summed E-state index contributed by atoms with van der Waals surface area (Å²) in [6.07, 6.45) is -1.41. The van der Waals surface area contributed by atoms with E-state index in [2.05, 4.69) is 10.4 Å². The van der Waals surface area contributed by atoms with Crippen LogP contribution < -0.4 is 5.32 Å². The Hall–Kier alpha value is -1.82. The van der Waals surface area contributed by atoms with Crippen molar-refractivity contribution in [3.8, 4) is 0 Å². The van der Waals surface area contributed by atoms with Gasteiger partial charge in [-0.3, -0.25) is 4.68 Å². The molecular formula is C15H18F3N3. The third-order valence-electron chi connectivity index (χ3n) is 3.60. The lowest BCUT2D eigenvalue weighted by Crippen LogP contribution is -2.21. The number of rotatable bonds is 5. The van der Waals surface area contributed by atoms with Crippen LogP contribution in [0.15, 0.2) is 36.5 Å². The highest BCUT2D eigenvalue weighted by molar-refractivity contribution is 5.32. The van der Waals surface area contributed by atoms with Crippen molar-refractivity contribution in [1.82, 2.24) is 15.1 Å². The first kappa shape index (κ1) is 15.6. The number of aromatic nitrogens is 2. The Morgan fingerprint density at radius 1 is 1.24 bits per heavy atom.